The van der Waals surface area contributed by atoms with Crippen LogP contribution >= 0.6 is 11.3 Å². The van der Waals surface area contributed by atoms with Gasteiger partial charge in [0.15, 0.2) is 10.5 Å². The van der Waals surface area contributed by atoms with Gasteiger partial charge in [-0.05, 0) is 67.7 Å². The van der Waals surface area contributed by atoms with E-state index < -0.39 is 28.6 Å². The van der Waals surface area contributed by atoms with E-state index in [1.165, 1.54) is 11.3 Å². The largest absolute Gasteiger partial charge is 0.459 e. The summed E-state index contributed by atoms with van der Waals surface area (Å²) in [5, 5.41) is 6.00. The summed E-state index contributed by atoms with van der Waals surface area (Å²) < 4.78 is 11.0. The molecule has 148 valence electrons. The Kier molecular flexibility index (Phi) is 7.62. The van der Waals surface area contributed by atoms with E-state index in [1.807, 2.05) is 5.38 Å². The van der Waals surface area contributed by atoms with E-state index in [4.69, 9.17) is 9.47 Å². The van der Waals surface area contributed by atoms with Crippen molar-refractivity contribution in [3.8, 4) is 0 Å². The normalized spacial score (nSPS) is 12.6. The number of hydrogen-bond donors (Lipinski definition) is 1. The minimum atomic E-state index is -1.32. The molecule has 0 fully saturated rings. The van der Waals surface area contributed by atoms with Gasteiger partial charge in [-0.3, -0.25) is 9.59 Å². The van der Waals surface area contributed by atoms with Gasteiger partial charge >= 0.3 is 11.9 Å². The fraction of sp³-hybridized carbons (Fsp3) is 0.737. The van der Waals surface area contributed by atoms with Gasteiger partial charge in [0.1, 0.15) is 11.2 Å². The highest BCUT2D eigenvalue weighted by molar-refractivity contribution is 7.13. The molecule has 0 bridgehead atoms. The van der Waals surface area contributed by atoms with Crippen molar-refractivity contribution in [2.24, 2.45) is 5.41 Å². The zero-order chi connectivity index (χ0) is 20.0. The minimum absolute atomic E-state index is 0.371. The van der Waals surface area contributed by atoms with E-state index in [2.05, 4.69) is 10.3 Å². The van der Waals surface area contributed by atoms with Crippen LogP contribution in [0.3, 0.4) is 0 Å². The number of hydrogen-bond acceptors (Lipinski definition) is 7. The topological polar surface area (TPSA) is 77.5 Å². The minimum Gasteiger partial charge on any atom is -0.459 e. The van der Waals surface area contributed by atoms with Gasteiger partial charge in [-0.15, -0.1) is 11.3 Å². The highest BCUT2D eigenvalue weighted by Gasteiger charge is 2.46. The SMILES string of the molecule is CC(C)(C)OC(=O)C(C)(CCCCNc1nccs1)C(=O)OC(C)(C)C. The molecule has 0 atom stereocenters. The summed E-state index contributed by atoms with van der Waals surface area (Å²) in [5.41, 5.74) is -2.64. The van der Waals surface area contributed by atoms with Crippen LogP contribution in [0.5, 0.6) is 0 Å². The molecule has 0 radical (unpaired) electrons. The first-order valence-corrected chi connectivity index (χ1v) is 9.82. The Morgan fingerprint density at radius 1 is 1.00 bits per heavy atom. The molecule has 0 amide bonds. The van der Waals surface area contributed by atoms with Gasteiger partial charge in [0, 0.05) is 18.1 Å². The molecule has 1 aromatic heterocycles. The maximum absolute atomic E-state index is 12.7. The lowest BCUT2D eigenvalue weighted by Crippen LogP contribution is -2.44. The van der Waals surface area contributed by atoms with Gasteiger partial charge in [0.25, 0.3) is 0 Å². The Balaban J connectivity index is 2.70. The quantitative estimate of drug-likeness (QED) is 0.406. The zero-order valence-corrected chi connectivity index (χ0v) is 17.8. The number of anilines is 1. The lowest BCUT2D eigenvalue weighted by Gasteiger charge is -2.32. The van der Waals surface area contributed by atoms with Crippen molar-refractivity contribution in [3.05, 3.63) is 11.6 Å². The molecule has 0 saturated heterocycles. The fourth-order valence-corrected chi connectivity index (χ4v) is 2.74. The van der Waals surface area contributed by atoms with Crippen molar-refractivity contribution in [1.82, 2.24) is 4.98 Å². The molecule has 26 heavy (non-hydrogen) atoms. The molecule has 7 heteroatoms. The van der Waals surface area contributed by atoms with Gasteiger partial charge in [0.2, 0.25) is 0 Å². The first kappa shape index (κ1) is 22.4. The average Bonchev–Trinajstić information content (AvgIpc) is 2.96. The Bertz CT molecular complexity index is 558. The third-order valence-corrected chi connectivity index (χ3v) is 4.24. The molecule has 0 aromatic carbocycles. The van der Waals surface area contributed by atoms with Crippen LogP contribution < -0.4 is 5.32 Å². The van der Waals surface area contributed by atoms with E-state index in [9.17, 15) is 9.59 Å². The van der Waals surface area contributed by atoms with Crippen molar-refractivity contribution >= 4 is 28.4 Å². The number of nitrogens with one attached hydrogen (secondary N) is 1. The van der Waals surface area contributed by atoms with Gasteiger partial charge in [-0.1, -0.05) is 0 Å². The number of carbonyl (C=O) groups is 2. The molecule has 0 aliphatic rings. The summed E-state index contributed by atoms with van der Waals surface area (Å²) in [4.78, 5) is 29.6. The number of unbranched alkanes of at least 4 members (excludes halogenated alkanes) is 1. The number of thiazole rings is 1. The monoisotopic (exact) mass is 384 g/mol. The summed E-state index contributed by atoms with van der Waals surface area (Å²) >= 11 is 1.54. The molecule has 0 aliphatic heterocycles. The van der Waals surface area contributed by atoms with Crippen LogP contribution in [0.1, 0.15) is 67.7 Å². The molecule has 1 N–H and O–H groups in total. The maximum Gasteiger partial charge on any atom is 0.323 e. The van der Waals surface area contributed by atoms with Crippen molar-refractivity contribution in [2.75, 3.05) is 11.9 Å². The zero-order valence-electron chi connectivity index (χ0n) is 17.0. The fourth-order valence-electron chi connectivity index (χ4n) is 2.18. The number of ether oxygens (including phenoxy) is 2. The second kappa shape index (κ2) is 8.84. The van der Waals surface area contributed by atoms with Crippen LogP contribution in [0.2, 0.25) is 0 Å². The molecule has 1 heterocycles. The standard InChI is InChI=1S/C19H32N2O4S/c1-17(2,3)24-14(22)19(7,15(23)25-18(4,5)6)10-8-9-11-20-16-21-12-13-26-16/h12-13H,8-11H2,1-7H3,(H,20,21). The van der Waals surface area contributed by atoms with Crippen LogP contribution in [0, 0.1) is 5.41 Å². The average molecular weight is 385 g/mol. The third kappa shape index (κ3) is 7.72. The highest BCUT2D eigenvalue weighted by atomic mass is 32.1. The summed E-state index contributed by atoms with van der Waals surface area (Å²) in [6.07, 6.45) is 3.61. The van der Waals surface area contributed by atoms with E-state index in [0.717, 1.165) is 18.1 Å². The molecular formula is C19H32N2O4S. The predicted octanol–water partition coefficient (Wildman–Crippen LogP) is 4.42. The van der Waals surface area contributed by atoms with Crippen molar-refractivity contribution in [3.63, 3.8) is 0 Å². The lowest BCUT2D eigenvalue weighted by molar-refractivity contribution is -0.184. The summed E-state index contributed by atoms with van der Waals surface area (Å²) in [7, 11) is 0. The van der Waals surface area contributed by atoms with Gasteiger partial charge < -0.3 is 14.8 Å². The second-order valence-electron chi connectivity index (χ2n) is 8.56. The number of nitrogens with zero attached hydrogens (tertiary/aromatic N) is 1. The summed E-state index contributed by atoms with van der Waals surface area (Å²) in [5.74, 6) is -1.07. The van der Waals surface area contributed by atoms with E-state index in [-0.39, 0.29) is 0 Å². The Morgan fingerprint density at radius 3 is 1.96 bits per heavy atom. The van der Waals surface area contributed by atoms with Crippen LogP contribution in [0.15, 0.2) is 11.6 Å². The van der Waals surface area contributed by atoms with Gasteiger partial charge in [-0.25, -0.2) is 4.98 Å². The molecule has 6 nitrogen and oxygen atoms in total. The molecule has 0 unspecified atom stereocenters. The predicted molar refractivity (Wildman–Crippen MR) is 104 cm³/mol. The second-order valence-corrected chi connectivity index (χ2v) is 9.45. The van der Waals surface area contributed by atoms with E-state index in [0.29, 0.717) is 12.8 Å². The molecule has 0 saturated carbocycles. The smallest absolute Gasteiger partial charge is 0.323 e. The van der Waals surface area contributed by atoms with Gasteiger partial charge in [0.05, 0.1) is 0 Å². The van der Waals surface area contributed by atoms with Crippen molar-refractivity contribution in [2.45, 2.75) is 78.9 Å². The Hall–Kier alpha value is -1.63. The van der Waals surface area contributed by atoms with Crippen LogP contribution in [-0.4, -0.2) is 34.7 Å². The third-order valence-electron chi connectivity index (χ3n) is 3.51. The maximum atomic E-state index is 12.7. The van der Waals surface area contributed by atoms with E-state index in [1.54, 1.807) is 54.7 Å². The molecular weight excluding hydrogens is 352 g/mol. The Morgan fingerprint density at radius 2 is 1.54 bits per heavy atom. The van der Waals surface area contributed by atoms with Crippen LogP contribution in [0.25, 0.3) is 0 Å². The van der Waals surface area contributed by atoms with E-state index >= 15 is 0 Å². The highest BCUT2D eigenvalue weighted by Crippen LogP contribution is 2.31. The molecule has 1 aromatic rings. The van der Waals surface area contributed by atoms with Crippen molar-refractivity contribution < 1.29 is 19.1 Å². The number of aromatic nitrogens is 1. The summed E-state index contributed by atoms with van der Waals surface area (Å²) in [6.45, 7) is 13.1. The van der Waals surface area contributed by atoms with Crippen molar-refractivity contribution in [1.29, 1.82) is 0 Å². The summed E-state index contributed by atoms with van der Waals surface area (Å²) in [6, 6.07) is 0. The first-order chi connectivity index (χ1) is 11.8. The first-order valence-electron chi connectivity index (χ1n) is 8.94. The molecule has 0 spiro atoms. The van der Waals surface area contributed by atoms with Gasteiger partial charge in [-0.2, -0.15) is 0 Å². The van der Waals surface area contributed by atoms with Crippen LogP contribution in [-0.2, 0) is 19.1 Å². The molecule has 0 aliphatic carbocycles. The molecule has 1 rings (SSSR count). The van der Waals surface area contributed by atoms with Crippen LogP contribution in [0.4, 0.5) is 5.13 Å². The number of rotatable bonds is 8. The number of esters is 2. The number of carbonyl (C=O) groups excluding carboxylic acids is 2. The lowest BCUT2D eigenvalue weighted by atomic mass is 9.84. The Labute approximate surface area is 160 Å².